The van der Waals surface area contributed by atoms with E-state index in [2.05, 4.69) is 5.10 Å². The van der Waals surface area contributed by atoms with Gasteiger partial charge in [-0.1, -0.05) is 31.4 Å². The van der Waals surface area contributed by atoms with Gasteiger partial charge in [-0.2, -0.15) is 5.10 Å². The van der Waals surface area contributed by atoms with Crippen molar-refractivity contribution in [3.63, 3.8) is 0 Å². The summed E-state index contributed by atoms with van der Waals surface area (Å²) in [5.74, 6) is 0.175. The maximum Gasteiger partial charge on any atom is 0.140 e. The van der Waals surface area contributed by atoms with Crippen LogP contribution in [-0.4, -0.2) is 21.1 Å². The van der Waals surface area contributed by atoms with Crippen molar-refractivity contribution in [2.24, 2.45) is 5.73 Å². The molecule has 0 unspecified atom stereocenters. The molecular formula is C15H24ClN3O. The molecule has 0 amide bonds. The molecule has 1 heterocycles. The number of rotatable bonds is 6. The number of hydrogen-bond acceptors (Lipinski definition) is 3. The van der Waals surface area contributed by atoms with Crippen LogP contribution in [0, 0.1) is 0 Å². The Morgan fingerprint density at radius 2 is 2.05 bits per heavy atom. The van der Waals surface area contributed by atoms with Gasteiger partial charge in [-0.3, -0.25) is 9.48 Å². The van der Waals surface area contributed by atoms with Gasteiger partial charge in [0.05, 0.1) is 16.4 Å². The van der Waals surface area contributed by atoms with Crippen LogP contribution < -0.4 is 5.73 Å². The number of carbonyl (C=O) groups is 1. The van der Waals surface area contributed by atoms with E-state index in [1.807, 2.05) is 18.5 Å². The zero-order chi connectivity index (χ0) is 14.8. The Morgan fingerprint density at radius 3 is 2.60 bits per heavy atom. The van der Waals surface area contributed by atoms with Crippen molar-refractivity contribution in [1.82, 2.24) is 9.78 Å². The van der Waals surface area contributed by atoms with Crippen LogP contribution in [0.2, 0.25) is 5.02 Å². The molecule has 0 bridgehead atoms. The zero-order valence-corrected chi connectivity index (χ0v) is 13.2. The van der Waals surface area contributed by atoms with Gasteiger partial charge >= 0.3 is 0 Å². The van der Waals surface area contributed by atoms with E-state index < -0.39 is 0 Å². The van der Waals surface area contributed by atoms with Crippen LogP contribution >= 0.6 is 11.6 Å². The molecule has 0 aromatic carbocycles. The molecule has 1 aliphatic carbocycles. The molecule has 0 aliphatic heterocycles. The number of aromatic nitrogens is 2. The second-order valence-corrected chi connectivity index (χ2v) is 6.22. The Labute approximate surface area is 125 Å². The molecule has 2 N–H and O–H groups in total. The minimum atomic E-state index is -0.284. The number of nitrogens with zero attached hydrogens (tertiary/aromatic N) is 2. The SMILES string of the molecule is CCc1nn(CC)c(CC(=O)CC2(N)CCCC2)c1Cl. The number of nitrogens with two attached hydrogens (primary N) is 1. The second-order valence-electron chi connectivity index (χ2n) is 5.84. The Kier molecular flexibility index (Phi) is 4.86. The molecule has 1 aliphatic rings. The summed E-state index contributed by atoms with van der Waals surface area (Å²) < 4.78 is 1.84. The van der Waals surface area contributed by atoms with Crippen molar-refractivity contribution in [2.75, 3.05) is 0 Å². The summed E-state index contributed by atoms with van der Waals surface area (Å²) in [6.45, 7) is 4.77. The van der Waals surface area contributed by atoms with Crippen LogP contribution in [0.5, 0.6) is 0 Å². The second kappa shape index (κ2) is 6.27. The van der Waals surface area contributed by atoms with Crippen molar-refractivity contribution >= 4 is 17.4 Å². The van der Waals surface area contributed by atoms with Crippen molar-refractivity contribution in [3.8, 4) is 0 Å². The van der Waals surface area contributed by atoms with E-state index in [1.165, 1.54) is 0 Å². The molecule has 4 nitrogen and oxygen atoms in total. The fourth-order valence-corrected chi connectivity index (χ4v) is 3.42. The van der Waals surface area contributed by atoms with E-state index in [9.17, 15) is 4.79 Å². The number of halogens is 1. The standard InChI is InChI=1S/C15H24ClN3O/c1-3-12-14(16)13(19(4-2)18-12)9-11(20)10-15(17)7-5-6-8-15/h3-10,17H2,1-2H3. The lowest BCUT2D eigenvalue weighted by atomic mass is 9.91. The van der Waals surface area contributed by atoms with E-state index in [-0.39, 0.29) is 11.3 Å². The molecule has 1 fully saturated rings. The maximum absolute atomic E-state index is 12.3. The third kappa shape index (κ3) is 3.23. The summed E-state index contributed by atoms with van der Waals surface area (Å²) in [5.41, 5.74) is 7.71. The third-order valence-corrected chi connectivity index (χ3v) is 4.64. The smallest absolute Gasteiger partial charge is 0.140 e. The quantitative estimate of drug-likeness (QED) is 0.878. The molecule has 0 spiro atoms. The van der Waals surface area contributed by atoms with Crippen LogP contribution in [0.3, 0.4) is 0 Å². The summed E-state index contributed by atoms with van der Waals surface area (Å²) in [6.07, 6.45) is 5.78. The van der Waals surface area contributed by atoms with E-state index in [0.29, 0.717) is 17.9 Å². The van der Waals surface area contributed by atoms with Gasteiger partial charge in [0.2, 0.25) is 0 Å². The Morgan fingerprint density at radius 1 is 1.40 bits per heavy atom. The molecule has 2 rings (SSSR count). The maximum atomic E-state index is 12.3. The summed E-state index contributed by atoms with van der Waals surface area (Å²) in [4.78, 5) is 12.3. The molecule has 0 radical (unpaired) electrons. The van der Waals surface area contributed by atoms with Gasteiger partial charge in [-0.25, -0.2) is 0 Å². The first-order valence-corrected chi connectivity index (χ1v) is 7.91. The van der Waals surface area contributed by atoms with Crippen molar-refractivity contribution in [1.29, 1.82) is 0 Å². The molecule has 112 valence electrons. The van der Waals surface area contributed by atoms with Gasteiger partial charge in [-0.05, 0) is 26.2 Å². The normalized spacial score (nSPS) is 17.6. The van der Waals surface area contributed by atoms with E-state index in [0.717, 1.165) is 50.0 Å². The lowest BCUT2D eigenvalue weighted by molar-refractivity contribution is -0.119. The van der Waals surface area contributed by atoms with Gasteiger partial charge in [0.15, 0.2) is 0 Å². The van der Waals surface area contributed by atoms with Crippen LogP contribution in [-0.2, 0) is 24.2 Å². The summed E-state index contributed by atoms with van der Waals surface area (Å²) in [5, 5.41) is 5.10. The average Bonchev–Trinajstić information content (AvgIpc) is 2.95. The van der Waals surface area contributed by atoms with Crippen molar-refractivity contribution in [3.05, 3.63) is 16.4 Å². The highest BCUT2D eigenvalue weighted by Gasteiger charge is 2.32. The monoisotopic (exact) mass is 297 g/mol. The lowest BCUT2D eigenvalue weighted by Crippen LogP contribution is -2.39. The fraction of sp³-hybridized carbons (Fsp3) is 0.733. The predicted octanol–water partition coefficient (Wildman–Crippen LogP) is 2.89. The van der Waals surface area contributed by atoms with Crippen LogP contribution in [0.1, 0.15) is 57.3 Å². The lowest BCUT2D eigenvalue weighted by Gasteiger charge is -2.22. The molecule has 1 saturated carbocycles. The number of Topliss-reactive ketones (excluding diaryl/α,β-unsaturated/α-hetero) is 1. The van der Waals surface area contributed by atoms with Gasteiger partial charge in [0.1, 0.15) is 5.78 Å². The van der Waals surface area contributed by atoms with Crippen LogP contribution in [0.4, 0.5) is 0 Å². The van der Waals surface area contributed by atoms with E-state index in [4.69, 9.17) is 17.3 Å². The highest BCUT2D eigenvalue weighted by atomic mass is 35.5. The molecule has 1 aromatic heterocycles. The molecular weight excluding hydrogens is 274 g/mol. The molecule has 20 heavy (non-hydrogen) atoms. The molecule has 1 aromatic rings. The Balaban J connectivity index is 2.09. The Bertz CT molecular complexity index is 490. The van der Waals surface area contributed by atoms with Gasteiger partial charge in [-0.15, -0.1) is 0 Å². The van der Waals surface area contributed by atoms with E-state index in [1.54, 1.807) is 0 Å². The first-order valence-electron chi connectivity index (χ1n) is 7.53. The zero-order valence-electron chi connectivity index (χ0n) is 12.4. The summed E-state index contributed by atoms with van der Waals surface area (Å²) in [7, 11) is 0. The average molecular weight is 298 g/mol. The molecule has 0 saturated heterocycles. The predicted molar refractivity (Wildman–Crippen MR) is 81.0 cm³/mol. The fourth-order valence-electron chi connectivity index (χ4n) is 3.08. The molecule has 5 heteroatoms. The minimum Gasteiger partial charge on any atom is -0.325 e. The minimum absolute atomic E-state index is 0.175. The van der Waals surface area contributed by atoms with Crippen LogP contribution in [0.15, 0.2) is 0 Å². The highest BCUT2D eigenvalue weighted by Crippen LogP contribution is 2.31. The van der Waals surface area contributed by atoms with Gasteiger partial charge < -0.3 is 5.73 Å². The number of hydrogen-bond donors (Lipinski definition) is 1. The molecule has 0 atom stereocenters. The highest BCUT2D eigenvalue weighted by molar-refractivity contribution is 6.32. The number of aryl methyl sites for hydroxylation is 2. The van der Waals surface area contributed by atoms with Gasteiger partial charge in [0.25, 0.3) is 0 Å². The van der Waals surface area contributed by atoms with Crippen molar-refractivity contribution < 1.29 is 4.79 Å². The van der Waals surface area contributed by atoms with E-state index >= 15 is 0 Å². The largest absolute Gasteiger partial charge is 0.325 e. The number of carbonyl (C=O) groups excluding carboxylic acids is 1. The first kappa shape index (κ1) is 15.5. The third-order valence-electron chi connectivity index (χ3n) is 4.21. The first-order chi connectivity index (χ1) is 9.49. The topological polar surface area (TPSA) is 60.9 Å². The Hall–Kier alpha value is -0.870. The van der Waals surface area contributed by atoms with Crippen molar-refractivity contribution in [2.45, 2.75) is 70.9 Å². The van der Waals surface area contributed by atoms with Crippen LogP contribution in [0.25, 0.3) is 0 Å². The summed E-state index contributed by atoms with van der Waals surface area (Å²) >= 11 is 6.34. The summed E-state index contributed by atoms with van der Waals surface area (Å²) in [6, 6.07) is 0. The number of ketones is 1. The van der Waals surface area contributed by atoms with Gasteiger partial charge in [0, 0.05) is 24.9 Å².